The molecule has 0 bridgehead atoms. The molecule has 248 valence electrons. The molecule has 5 heterocycles. The molecule has 1 unspecified atom stereocenters. The van der Waals surface area contributed by atoms with Crippen LogP contribution in [0, 0.1) is 19.3 Å². The van der Waals surface area contributed by atoms with Gasteiger partial charge in [-0.05, 0) is 73.9 Å². The van der Waals surface area contributed by atoms with Gasteiger partial charge in [-0.25, -0.2) is 14.5 Å². The van der Waals surface area contributed by atoms with Crippen molar-refractivity contribution in [3.63, 3.8) is 0 Å². The molecule has 2 N–H and O–H groups in total. The largest absolute Gasteiger partial charge is 0.433 e. The highest BCUT2D eigenvalue weighted by molar-refractivity contribution is 6.09. The molecule has 0 spiro atoms. The SMILES string of the molecule is CC(=O)c1cn(CC(=O)N2C3C[C@]3(C)C[C@H]2C(=O)Nc2nc(C(F)(F)F)ccc2C)c2c(C)cc(-c3cnc4cc(CO)nn4c3)cc12. The van der Waals surface area contributed by atoms with Crippen LogP contribution < -0.4 is 5.32 Å². The van der Waals surface area contributed by atoms with Crippen molar-refractivity contribution in [2.75, 3.05) is 5.32 Å². The summed E-state index contributed by atoms with van der Waals surface area (Å²) in [7, 11) is 0. The number of anilines is 1. The van der Waals surface area contributed by atoms with Gasteiger partial charge in [-0.2, -0.15) is 18.3 Å². The Balaban J connectivity index is 1.19. The summed E-state index contributed by atoms with van der Waals surface area (Å²) in [5, 5.41) is 17.0. The second-order valence-corrected chi connectivity index (χ2v) is 13.1. The number of nitrogens with zero attached hydrogens (tertiary/aromatic N) is 6. The minimum atomic E-state index is -4.68. The summed E-state index contributed by atoms with van der Waals surface area (Å²) in [6.07, 6.45) is 1.53. The number of hydrogen-bond acceptors (Lipinski definition) is 7. The van der Waals surface area contributed by atoms with Crippen LogP contribution in [0.25, 0.3) is 27.7 Å². The third kappa shape index (κ3) is 5.29. The number of rotatable bonds is 7. The Kier molecular flexibility index (Phi) is 7.20. The molecule has 1 saturated carbocycles. The van der Waals surface area contributed by atoms with E-state index in [2.05, 4.69) is 20.4 Å². The van der Waals surface area contributed by atoms with E-state index < -0.39 is 23.8 Å². The zero-order chi connectivity index (χ0) is 34.3. The number of halogens is 3. The number of pyridine rings is 1. The number of hydrogen-bond donors (Lipinski definition) is 2. The van der Waals surface area contributed by atoms with Gasteiger partial charge in [0, 0.05) is 47.2 Å². The highest BCUT2D eigenvalue weighted by Gasteiger charge is 2.64. The van der Waals surface area contributed by atoms with Crippen molar-refractivity contribution in [1.29, 1.82) is 0 Å². The first-order valence-corrected chi connectivity index (χ1v) is 15.4. The second-order valence-electron chi connectivity index (χ2n) is 13.1. The molecule has 5 aromatic rings. The van der Waals surface area contributed by atoms with Crippen molar-refractivity contribution in [2.45, 2.75) is 71.9 Å². The number of likely N-dealkylation sites (tertiary alicyclic amines) is 1. The molecule has 14 heteroatoms. The highest BCUT2D eigenvalue weighted by atomic mass is 19.4. The summed E-state index contributed by atoms with van der Waals surface area (Å²) in [6, 6.07) is 6.51. The number of fused-ring (bicyclic) bond motifs is 3. The van der Waals surface area contributed by atoms with Crippen molar-refractivity contribution >= 4 is 40.0 Å². The van der Waals surface area contributed by atoms with Gasteiger partial charge < -0.3 is 19.9 Å². The maximum atomic E-state index is 14.0. The van der Waals surface area contributed by atoms with E-state index in [0.29, 0.717) is 46.2 Å². The summed E-state index contributed by atoms with van der Waals surface area (Å²) >= 11 is 0. The van der Waals surface area contributed by atoms with Crippen LogP contribution in [-0.2, 0) is 28.9 Å². The fourth-order valence-electron chi connectivity index (χ4n) is 6.98. The van der Waals surface area contributed by atoms with Gasteiger partial charge in [0.15, 0.2) is 11.4 Å². The van der Waals surface area contributed by atoms with Gasteiger partial charge in [-0.3, -0.25) is 14.4 Å². The Morgan fingerprint density at radius 3 is 2.54 bits per heavy atom. The number of aromatic nitrogens is 5. The van der Waals surface area contributed by atoms with Gasteiger partial charge in [-0.15, -0.1) is 0 Å². The molecule has 1 aliphatic carbocycles. The zero-order valence-electron chi connectivity index (χ0n) is 26.6. The Bertz CT molecular complexity index is 2170. The van der Waals surface area contributed by atoms with E-state index in [-0.39, 0.29) is 42.1 Å². The van der Waals surface area contributed by atoms with Gasteiger partial charge in [0.2, 0.25) is 11.8 Å². The Morgan fingerprint density at radius 2 is 1.83 bits per heavy atom. The van der Waals surface area contributed by atoms with Gasteiger partial charge in [0.05, 0.1) is 17.8 Å². The van der Waals surface area contributed by atoms with Crippen molar-refractivity contribution in [1.82, 2.24) is 29.0 Å². The number of alkyl halides is 3. The Labute approximate surface area is 272 Å². The third-order valence-electron chi connectivity index (χ3n) is 9.56. The summed E-state index contributed by atoms with van der Waals surface area (Å²) < 4.78 is 43.3. The average molecular weight is 660 g/mol. The Morgan fingerprint density at radius 1 is 1.06 bits per heavy atom. The molecule has 11 nitrogen and oxygen atoms in total. The number of aliphatic hydroxyl groups is 1. The predicted molar refractivity (Wildman–Crippen MR) is 169 cm³/mol. The lowest BCUT2D eigenvalue weighted by atomic mass is 10.0. The minimum Gasteiger partial charge on any atom is -0.390 e. The number of piperidine rings is 1. The van der Waals surface area contributed by atoms with E-state index in [1.165, 1.54) is 13.0 Å². The maximum absolute atomic E-state index is 14.0. The molecule has 1 aromatic carbocycles. The standard InChI is InChI=1S/C34H32F3N7O4/c1-17-5-6-26(34(35,36)37)39-31(17)40-32(48)25-10-33(4)11-27(33)44(25)29(47)15-42-14-24(19(3)46)23-8-20(7-18(2)30(23)42)21-12-38-28-9-22(16-45)41-43(28)13-21/h5-9,12-14,25,27,45H,10-11,15-16H2,1-4H3,(H,39,40,48)/t25-,27?,33-/m0/s1. The van der Waals surface area contributed by atoms with Gasteiger partial charge in [0.25, 0.3) is 0 Å². The molecule has 1 aliphatic heterocycles. The number of aliphatic hydroxyl groups excluding tert-OH is 1. The number of aryl methyl sites for hydroxylation is 2. The fourth-order valence-corrected chi connectivity index (χ4v) is 6.98. The number of Topliss-reactive ketones (excluding diaryl/α,β-unsaturated/α-hetero) is 1. The first kappa shape index (κ1) is 31.5. The number of nitrogens with one attached hydrogen (secondary N) is 1. The molecular weight excluding hydrogens is 627 g/mol. The first-order chi connectivity index (χ1) is 22.7. The summed E-state index contributed by atoms with van der Waals surface area (Å²) in [4.78, 5) is 50.0. The van der Waals surface area contributed by atoms with Crippen molar-refractivity contribution in [3.8, 4) is 11.1 Å². The normalized spacial score (nSPS) is 20.4. The monoisotopic (exact) mass is 659 g/mol. The first-order valence-electron chi connectivity index (χ1n) is 15.4. The van der Waals surface area contributed by atoms with Crippen molar-refractivity contribution in [2.24, 2.45) is 5.41 Å². The summed E-state index contributed by atoms with van der Waals surface area (Å²) in [5.74, 6) is -1.31. The molecule has 1 saturated heterocycles. The average Bonchev–Trinajstić information content (AvgIpc) is 3.32. The van der Waals surface area contributed by atoms with Crippen LogP contribution in [0.15, 0.2) is 48.9 Å². The molecule has 48 heavy (non-hydrogen) atoms. The second kappa shape index (κ2) is 11.0. The lowest BCUT2D eigenvalue weighted by Gasteiger charge is -2.27. The zero-order valence-corrected chi connectivity index (χ0v) is 26.6. The third-order valence-corrected chi connectivity index (χ3v) is 9.56. The molecule has 0 radical (unpaired) electrons. The van der Waals surface area contributed by atoms with Gasteiger partial charge >= 0.3 is 6.18 Å². The maximum Gasteiger partial charge on any atom is 0.433 e. The smallest absolute Gasteiger partial charge is 0.390 e. The molecule has 2 aliphatic rings. The van der Waals surface area contributed by atoms with Crippen LogP contribution in [0.5, 0.6) is 0 Å². The lowest BCUT2D eigenvalue weighted by molar-refractivity contribution is -0.141. The quantitative estimate of drug-likeness (QED) is 0.232. The van der Waals surface area contributed by atoms with E-state index in [4.69, 9.17) is 0 Å². The molecule has 3 atom stereocenters. The molecule has 2 fully saturated rings. The highest BCUT2D eigenvalue weighted by Crippen LogP contribution is 2.59. The van der Waals surface area contributed by atoms with Gasteiger partial charge in [-0.1, -0.05) is 13.0 Å². The van der Waals surface area contributed by atoms with Crippen LogP contribution in [0.1, 0.15) is 59.6 Å². The van der Waals surface area contributed by atoms with E-state index >= 15 is 0 Å². The lowest BCUT2D eigenvalue weighted by Crippen LogP contribution is -2.46. The van der Waals surface area contributed by atoms with E-state index in [1.54, 1.807) is 45.6 Å². The van der Waals surface area contributed by atoms with Crippen LogP contribution in [-0.4, -0.2) is 63.8 Å². The number of benzene rings is 1. The minimum absolute atomic E-state index is 0.147. The molecular formula is C34H32F3N7O4. The molecule has 4 aromatic heterocycles. The van der Waals surface area contributed by atoms with E-state index in [1.807, 2.05) is 26.0 Å². The van der Waals surface area contributed by atoms with Crippen LogP contribution in [0.4, 0.5) is 19.0 Å². The van der Waals surface area contributed by atoms with Crippen molar-refractivity contribution < 1.29 is 32.7 Å². The van der Waals surface area contributed by atoms with Crippen LogP contribution in [0.3, 0.4) is 0 Å². The van der Waals surface area contributed by atoms with E-state index in [9.17, 15) is 32.7 Å². The number of carbonyl (C=O) groups excluding carboxylic acids is 3. The number of carbonyl (C=O) groups is 3. The van der Waals surface area contributed by atoms with Gasteiger partial charge in [0.1, 0.15) is 24.1 Å². The van der Waals surface area contributed by atoms with E-state index in [0.717, 1.165) is 22.8 Å². The summed E-state index contributed by atoms with van der Waals surface area (Å²) in [6.45, 7) is 6.52. The predicted octanol–water partition coefficient (Wildman–Crippen LogP) is 5.09. The topological polar surface area (TPSA) is 135 Å². The van der Waals surface area contributed by atoms with Crippen LogP contribution in [0.2, 0.25) is 0 Å². The van der Waals surface area contributed by atoms with Crippen LogP contribution >= 0.6 is 0 Å². The van der Waals surface area contributed by atoms with Crippen molar-refractivity contribution in [3.05, 3.63) is 77.0 Å². The Hall–Kier alpha value is -5.11. The number of ketones is 1. The molecule has 7 rings (SSSR count). The number of amides is 2. The summed E-state index contributed by atoms with van der Waals surface area (Å²) in [5.41, 5.74) is 3.48. The molecule has 2 amide bonds. The fraction of sp³-hybridized carbons (Fsp3) is 0.353.